The normalized spacial score (nSPS) is 13.2. The van der Waals surface area contributed by atoms with Crippen LogP contribution in [-0.2, 0) is 33.3 Å². The maximum atomic E-state index is 15.1. The molecule has 0 atom stereocenters. The van der Waals surface area contributed by atoms with Gasteiger partial charge in [0.15, 0.2) is 28.2 Å². The van der Waals surface area contributed by atoms with Crippen molar-refractivity contribution in [1.82, 2.24) is 4.31 Å². The number of carbonyl (C=O) groups excluding carboxylic acids is 1. The van der Waals surface area contributed by atoms with Gasteiger partial charge in [-0.25, -0.2) is 35.2 Å². The first-order chi connectivity index (χ1) is 24.9. The minimum atomic E-state index is -5.73. The number of carbonyl (C=O) groups is 2. The quantitative estimate of drug-likeness (QED) is 0.0898. The van der Waals surface area contributed by atoms with Gasteiger partial charge in [-0.1, -0.05) is 57.2 Å². The van der Waals surface area contributed by atoms with Gasteiger partial charge in [0, 0.05) is 6.54 Å². The van der Waals surface area contributed by atoms with E-state index in [0.717, 1.165) is 34.9 Å². The molecular weight excluding hydrogens is 721 g/mol. The van der Waals surface area contributed by atoms with E-state index in [0.29, 0.717) is 5.56 Å². The fraction of sp³-hybridized carbons (Fsp3) is 0.289. The zero-order valence-electron chi connectivity index (χ0n) is 29.0. The van der Waals surface area contributed by atoms with Crippen molar-refractivity contribution in [3.63, 3.8) is 0 Å². The van der Waals surface area contributed by atoms with Gasteiger partial charge in [0.1, 0.15) is 5.75 Å². The van der Waals surface area contributed by atoms with Gasteiger partial charge in [0.25, 0.3) is 0 Å². The van der Waals surface area contributed by atoms with Crippen LogP contribution in [0.2, 0.25) is 0 Å². The zero-order chi connectivity index (χ0) is 39.0. The Morgan fingerprint density at radius 2 is 1.53 bits per heavy atom. The SMILES string of the molecule is COc1cc(C(=O)O)ccc1N(Cc1cc(C2CC2)cc(C(C)(C)C)c1)C(=O)CN(Cc1ccccc1C#N)S(=O)(=O)c1c(F)c(F)c(F)c(F)c1F. The van der Waals surface area contributed by atoms with Crippen LogP contribution in [0.3, 0.4) is 0 Å². The van der Waals surface area contributed by atoms with Crippen molar-refractivity contribution >= 4 is 27.6 Å². The summed E-state index contributed by atoms with van der Waals surface area (Å²) in [4.78, 5) is 25.2. The molecule has 1 saturated carbocycles. The Morgan fingerprint density at radius 1 is 0.906 bits per heavy atom. The molecule has 0 aromatic heterocycles. The van der Waals surface area contributed by atoms with Gasteiger partial charge >= 0.3 is 5.97 Å². The number of nitriles is 1. The first kappa shape index (κ1) is 38.9. The molecule has 1 N–H and O–H groups in total. The second kappa shape index (κ2) is 15.0. The highest BCUT2D eigenvalue weighted by molar-refractivity contribution is 7.89. The van der Waals surface area contributed by atoms with Gasteiger partial charge in [0.2, 0.25) is 21.7 Å². The number of hydrogen-bond donors (Lipinski definition) is 1. The van der Waals surface area contributed by atoms with Gasteiger partial charge in [-0.2, -0.15) is 9.57 Å². The van der Waals surface area contributed by atoms with Crippen LogP contribution in [0.15, 0.2) is 65.6 Å². The molecule has 1 amide bonds. The number of aromatic carboxylic acids is 1. The van der Waals surface area contributed by atoms with Crippen LogP contribution >= 0.6 is 0 Å². The molecule has 0 heterocycles. The highest BCUT2D eigenvalue weighted by Gasteiger charge is 2.39. The maximum absolute atomic E-state index is 15.1. The number of benzene rings is 4. The van der Waals surface area contributed by atoms with Crippen molar-refractivity contribution < 1.29 is 49.8 Å². The lowest BCUT2D eigenvalue weighted by Crippen LogP contribution is -2.43. The topological polar surface area (TPSA) is 128 Å². The lowest BCUT2D eigenvalue weighted by atomic mass is 9.84. The van der Waals surface area contributed by atoms with Gasteiger partial charge in [0.05, 0.1) is 43.1 Å². The molecule has 278 valence electrons. The zero-order valence-corrected chi connectivity index (χ0v) is 29.8. The summed E-state index contributed by atoms with van der Waals surface area (Å²) < 4.78 is 107. The standard InChI is InChI=1S/C38H34F5N3O6S/c1-38(2,3)27-14-21(13-26(15-27)22-9-10-22)18-46(28-12-11-23(37(48)49)16-29(28)52-4)30(47)20-45(19-25-8-6-5-7-24(25)17-44)53(50,51)36-34(42)32(40)31(39)33(41)35(36)43/h5-8,11-16,22H,9-10,18-20H2,1-4H3,(H,48,49). The fourth-order valence-electron chi connectivity index (χ4n) is 5.78. The third-order valence-corrected chi connectivity index (χ3v) is 10.7. The maximum Gasteiger partial charge on any atom is 0.335 e. The van der Waals surface area contributed by atoms with E-state index in [1.807, 2.05) is 39.0 Å². The van der Waals surface area contributed by atoms with Crippen molar-refractivity contribution in [2.45, 2.75) is 62.9 Å². The molecule has 1 fully saturated rings. The third kappa shape index (κ3) is 8.03. The Balaban J connectivity index is 1.68. The lowest BCUT2D eigenvalue weighted by molar-refractivity contribution is -0.119. The molecule has 5 rings (SSSR count). The Bertz CT molecular complexity index is 2240. The number of amides is 1. The van der Waals surface area contributed by atoms with Crippen molar-refractivity contribution in [2.24, 2.45) is 0 Å². The van der Waals surface area contributed by atoms with Crippen LogP contribution in [0.1, 0.15) is 77.7 Å². The summed E-state index contributed by atoms with van der Waals surface area (Å²) in [5.41, 5.74) is 1.86. The van der Waals surface area contributed by atoms with E-state index in [2.05, 4.69) is 6.07 Å². The molecule has 0 spiro atoms. The molecule has 53 heavy (non-hydrogen) atoms. The van der Waals surface area contributed by atoms with Crippen molar-refractivity contribution in [3.05, 3.63) is 123 Å². The second-order valence-electron chi connectivity index (χ2n) is 13.6. The summed E-state index contributed by atoms with van der Waals surface area (Å²) in [5.74, 6) is -15.1. The summed E-state index contributed by atoms with van der Waals surface area (Å²) in [6.45, 7) is 3.63. The molecule has 9 nitrogen and oxygen atoms in total. The number of anilines is 1. The molecule has 0 radical (unpaired) electrons. The second-order valence-corrected chi connectivity index (χ2v) is 15.5. The molecule has 0 saturated heterocycles. The first-order valence-electron chi connectivity index (χ1n) is 16.2. The molecule has 1 aliphatic rings. The highest BCUT2D eigenvalue weighted by Crippen LogP contribution is 2.42. The Kier molecular flexibility index (Phi) is 11.0. The van der Waals surface area contributed by atoms with E-state index < -0.39 is 69.0 Å². The predicted octanol–water partition coefficient (Wildman–Crippen LogP) is 7.56. The smallest absolute Gasteiger partial charge is 0.335 e. The van der Waals surface area contributed by atoms with Gasteiger partial charge in [-0.05, 0) is 70.7 Å². The van der Waals surface area contributed by atoms with Crippen LogP contribution in [-0.4, -0.2) is 43.4 Å². The number of nitrogens with zero attached hydrogens (tertiary/aromatic N) is 3. The summed E-state index contributed by atoms with van der Waals surface area (Å²) in [5, 5.41) is 19.3. The summed E-state index contributed by atoms with van der Waals surface area (Å²) in [6.07, 6.45) is 1.91. The number of sulfonamides is 1. The average Bonchev–Trinajstić information content (AvgIpc) is 3.97. The van der Waals surface area contributed by atoms with Crippen LogP contribution in [0.25, 0.3) is 0 Å². The molecule has 0 unspecified atom stereocenters. The van der Waals surface area contributed by atoms with E-state index in [1.165, 1.54) is 43.5 Å². The van der Waals surface area contributed by atoms with Crippen molar-refractivity contribution in [1.29, 1.82) is 5.26 Å². The number of ether oxygens (including phenoxy) is 1. The molecular formula is C38H34F5N3O6S. The Hall–Kier alpha value is -5.33. The molecule has 1 aliphatic carbocycles. The molecule has 4 aromatic rings. The van der Waals surface area contributed by atoms with E-state index >= 15 is 8.78 Å². The van der Waals surface area contributed by atoms with Crippen LogP contribution in [0.4, 0.5) is 27.6 Å². The summed E-state index contributed by atoms with van der Waals surface area (Å²) >= 11 is 0. The summed E-state index contributed by atoms with van der Waals surface area (Å²) in [7, 11) is -4.51. The van der Waals surface area contributed by atoms with Gasteiger partial charge in [-0.15, -0.1) is 0 Å². The lowest BCUT2D eigenvalue weighted by Gasteiger charge is -2.30. The first-order valence-corrected chi connectivity index (χ1v) is 17.7. The number of hydrogen-bond acceptors (Lipinski definition) is 6. The Morgan fingerprint density at radius 3 is 2.09 bits per heavy atom. The number of methoxy groups -OCH3 is 1. The van der Waals surface area contributed by atoms with E-state index in [-0.39, 0.29) is 50.3 Å². The number of carboxylic acid groups (broad SMARTS) is 1. The van der Waals surface area contributed by atoms with E-state index in [1.54, 1.807) is 0 Å². The highest BCUT2D eigenvalue weighted by atomic mass is 32.2. The Labute approximate surface area is 302 Å². The number of carboxylic acids is 1. The molecule has 15 heteroatoms. The van der Waals surface area contributed by atoms with E-state index in [4.69, 9.17) is 4.74 Å². The molecule has 4 aromatic carbocycles. The summed E-state index contributed by atoms with van der Waals surface area (Å²) in [6, 6.07) is 16.7. The van der Waals surface area contributed by atoms with E-state index in [9.17, 15) is 41.5 Å². The monoisotopic (exact) mass is 755 g/mol. The molecule has 0 bridgehead atoms. The third-order valence-electron chi connectivity index (χ3n) is 8.85. The van der Waals surface area contributed by atoms with Crippen molar-refractivity contribution in [2.75, 3.05) is 18.6 Å². The fourth-order valence-corrected chi connectivity index (χ4v) is 7.26. The van der Waals surface area contributed by atoms with Gasteiger partial charge in [-0.3, -0.25) is 4.79 Å². The van der Waals surface area contributed by atoms with Gasteiger partial charge < -0.3 is 14.7 Å². The average molecular weight is 756 g/mol. The minimum absolute atomic E-state index is 0.0114. The van der Waals surface area contributed by atoms with Crippen LogP contribution < -0.4 is 9.64 Å². The van der Waals surface area contributed by atoms with Crippen LogP contribution in [0.5, 0.6) is 5.75 Å². The number of halogens is 5. The largest absolute Gasteiger partial charge is 0.495 e. The number of rotatable bonds is 12. The molecule has 0 aliphatic heterocycles. The minimum Gasteiger partial charge on any atom is -0.495 e. The van der Waals surface area contributed by atoms with Crippen molar-refractivity contribution in [3.8, 4) is 11.8 Å². The van der Waals surface area contributed by atoms with Crippen LogP contribution in [0, 0.1) is 40.4 Å². The predicted molar refractivity (Wildman–Crippen MR) is 183 cm³/mol.